The fraction of sp³-hybridized carbons (Fsp3) is 0.182. The maximum atomic E-state index is 12.6. The summed E-state index contributed by atoms with van der Waals surface area (Å²) in [5.41, 5.74) is 2.61. The topological polar surface area (TPSA) is 76.1 Å². The summed E-state index contributed by atoms with van der Waals surface area (Å²) in [5.74, 6) is -0.153. The summed E-state index contributed by atoms with van der Waals surface area (Å²) in [6.07, 6.45) is 0.166. The van der Waals surface area contributed by atoms with Gasteiger partial charge in [0.1, 0.15) is 10.0 Å². The first-order valence-electron chi connectivity index (χ1n) is 9.41. The fourth-order valence-electron chi connectivity index (χ4n) is 2.99. The lowest BCUT2D eigenvalue weighted by Gasteiger charge is -2.09. The summed E-state index contributed by atoms with van der Waals surface area (Å²) in [4.78, 5) is 17.5. The minimum atomic E-state index is -3.32. The number of nitrogens with one attached hydrogen (secondary N) is 1. The van der Waals surface area contributed by atoms with Crippen LogP contribution in [0.25, 0.3) is 20.8 Å². The molecule has 1 N–H and O–H groups in total. The van der Waals surface area contributed by atoms with Gasteiger partial charge in [-0.05, 0) is 55.1 Å². The number of aromatic nitrogens is 1. The van der Waals surface area contributed by atoms with Crippen LogP contribution in [0.1, 0.15) is 19.4 Å². The number of thiophene rings is 1. The Morgan fingerprint density at radius 2 is 1.80 bits per heavy atom. The van der Waals surface area contributed by atoms with Crippen molar-refractivity contribution in [2.75, 3.05) is 5.32 Å². The van der Waals surface area contributed by atoms with Crippen LogP contribution in [0.2, 0.25) is 0 Å². The molecule has 0 aliphatic heterocycles. The number of carbonyl (C=O) groups is 1. The van der Waals surface area contributed by atoms with Gasteiger partial charge in [-0.2, -0.15) is 0 Å². The van der Waals surface area contributed by atoms with E-state index in [2.05, 4.69) is 10.3 Å². The van der Waals surface area contributed by atoms with Crippen molar-refractivity contribution >= 4 is 53.6 Å². The third-order valence-electron chi connectivity index (χ3n) is 4.68. The maximum Gasteiger partial charge on any atom is 0.229 e. The minimum absolute atomic E-state index is 0.153. The Hall–Kier alpha value is -2.55. The lowest BCUT2D eigenvalue weighted by atomic mass is 10.1. The highest BCUT2D eigenvalue weighted by molar-refractivity contribution is 7.92. The first kappa shape index (κ1) is 20.7. The van der Waals surface area contributed by atoms with Crippen molar-refractivity contribution in [3.63, 3.8) is 0 Å². The number of rotatable bonds is 6. The van der Waals surface area contributed by atoms with Crippen LogP contribution < -0.4 is 5.32 Å². The quantitative estimate of drug-likeness (QED) is 0.422. The molecular formula is C22H20N2O3S3. The van der Waals surface area contributed by atoms with Gasteiger partial charge in [-0.25, -0.2) is 13.4 Å². The lowest BCUT2D eigenvalue weighted by molar-refractivity contribution is -0.115. The van der Waals surface area contributed by atoms with Gasteiger partial charge in [0.25, 0.3) is 0 Å². The molecule has 4 rings (SSSR count). The molecule has 30 heavy (non-hydrogen) atoms. The molecule has 1 amide bonds. The van der Waals surface area contributed by atoms with E-state index >= 15 is 0 Å². The van der Waals surface area contributed by atoms with Crippen molar-refractivity contribution in [2.45, 2.75) is 30.4 Å². The predicted molar refractivity (Wildman–Crippen MR) is 124 cm³/mol. The molecule has 2 heterocycles. The third-order valence-corrected chi connectivity index (χ3v) is 8.75. The molecule has 0 saturated heterocycles. The number of anilines is 1. The molecule has 2 aromatic heterocycles. The number of para-hydroxylation sites is 1. The van der Waals surface area contributed by atoms with Crippen molar-refractivity contribution in [1.82, 2.24) is 4.98 Å². The monoisotopic (exact) mass is 456 g/mol. The van der Waals surface area contributed by atoms with E-state index in [-0.39, 0.29) is 17.2 Å². The van der Waals surface area contributed by atoms with Gasteiger partial charge in [-0.3, -0.25) is 4.79 Å². The number of amides is 1. The number of hydrogen-bond donors (Lipinski definition) is 1. The number of carbonyl (C=O) groups excluding carboxylic acids is 1. The van der Waals surface area contributed by atoms with Crippen LogP contribution in [-0.4, -0.2) is 24.6 Å². The minimum Gasteiger partial charge on any atom is -0.317 e. The molecule has 0 saturated carbocycles. The van der Waals surface area contributed by atoms with Crippen LogP contribution in [0.5, 0.6) is 0 Å². The molecule has 0 fully saturated rings. The fourth-order valence-corrected chi connectivity index (χ4v) is 5.91. The van der Waals surface area contributed by atoms with Crippen molar-refractivity contribution in [3.8, 4) is 10.6 Å². The van der Waals surface area contributed by atoms with Gasteiger partial charge in [0.15, 0.2) is 9.84 Å². The molecule has 0 spiro atoms. The van der Waals surface area contributed by atoms with Gasteiger partial charge in [0.05, 0.1) is 26.8 Å². The van der Waals surface area contributed by atoms with Crippen LogP contribution in [0, 0.1) is 0 Å². The lowest BCUT2D eigenvalue weighted by Crippen LogP contribution is -2.15. The first-order valence-corrected chi connectivity index (χ1v) is 12.6. The van der Waals surface area contributed by atoms with Gasteiger partial charge in [0.2, 0.25) is 5.91 Å². The SMILES string of the molecule is CC(C)S(=O)(=O)c1ccc(CC(=O)Nc2sccc2-c2nc3ccccc3s2)cc1. The summed E-state index contributed by atoms with van der Waals surface area (Å²) >= 11 is 3.05. The Morgan fingerprint density at radius 3 is 2.50 bits per heavy atom. The standard InChI is InChI=1S/C22H20N2O3S3/c1-14(2)30(26,27)16-9-7-15(8-10-16)13-20(25)24-21-17(11-12-28-21)22-23-18-5-3-4-6-19(18)29-22/h3-12,14H,13H2,1-2H3,(H,24,25). The number of sulfone groups is 1. The number of thiazole rings is 1. The zero-order valence-corrected chi connectivity index (χ0v) is 18.9. The molecular weight excluding hydrogens is 436 g/mol. The molecule has 0 unspecified atom stereocenters. The van der Waals surface area contributed by atoms with Gasteiger partial charge in [-0.15, -0.1) is 22.7 Å². The molecule has 4 aromatic rings. The highest BCUT2D eigenvalue weighted by atomic mass is 32.2. The van der Waals surface area contributed by atoms with Crippen molar-refractivity contribution < 1.29 is 13.2 Å². The summed E-state index contributed by atoms with van der Waals surface area (Å²) in [5, 5.41) is 6.06. The normalized spacial score (nSPS) is 11.8. The van der Waals surface area contributed by atoms with Crippen LogP contribution in [-0.2, 0) is 21.1 Å². The number of benzene rings is 2. The van der Waals surface area contributed by atoms with E-state index in [1.54, 1.807) is 49.4 Å². The van der Waals surface area contributed by atoms with E-state index in [1.807, 2.05) is 35.7 Å². The molecule has 0 bridgehead atoms. The first-order chi connectivity index (χ1) is 14.3. The van der Waals surface area contributed by atoms with E-state index in [0.717, 1.165) is 31.4 Å². The van der Waals surface area contributed by atoms with Crippen molar-refractivity contribution in [3.05, 3.63) is 65.5 Å². The van der Waals surface area contributed by atoms with E-state index in [1.165, 1.54) is 11.3 Å². The van der Waals surface area contributed by atoms with Crippen molar-refractivity contribution in [2.24, 2.45) is 0 Å². The van der Waals surface area contributed by atoms with Gasteiger partial charge in [-0.1, -0.05) is 24.3 Å². The highest BCUT2D eigenvalue weighted by Crippen LogP contribution is 2.37. The average molecular weight is 457 g/mol. The Morgan fingerprint density at radius 1 is 1.07 bits per heavy atom. The zero-order valence-electron chi connectivity index (χ0n) is 16.5. The Bertz CT molecular complexity index is 1270. The predicted octanol–water partition coefficient (Wildman–Crippen LogP) is 5.39. The van der Waals surface area contributed by atoms with Gasteiger partial charge >= 0.3 is 0 Å². The number of hydrogen-bond acceptors (Lipinski definition) is 6. The smallest absolute Gasteiger partial charge is 0.229 e. The van der Waals surface area contributed by atoms with E-state index in [4.69, 9.17) is 0 Å². The van der Waals surface area contributed by atoms with Crippen LogP contribution >= 0.6 is 22.7 Å². The molecule has 0 radical (unpaired) electrons. The molecule has 2 aromatic carbocycles. The third kappa shape index (κ3) is 4.16. The molecule has 8 heteroatoms. The second-order valence-corrected chi connectivity index (χ2v) is 11.6. The van der Waals surface area contributed by atoms with Crippen molar-refractivity contribution in [1.29, 1.82) is 0 Å². The molecule has 0 aliphatic rings. The largest absolute Gasteiger partial charge is 0.317 e. The van der Waals surface area contributed by atoms with Crippen LogP contribution in [0.15, 0.2) is 64.9 Å². The highest BCUT2D eigenvalue weighted by Gasteiger charge is 2.19. The van der Waals surface area contributed by atoms with E-state index in [0.29, 0.717) is 0 Å². The van der Waals surface area contributed by atoms with E-state index in [9.17, 15) is 13.2 Å². The summed E-state index contributed by atoms with van der Waals surface area (Å²) in [6, 6.07) is 16.4. The van der Waals surface area contributed by atoms with Crippen LogP contribution in [0.3, 0.4) is 0 Å². The Labute approximate surface area is 183 Å². The zero-order chi connectivity index (χ0) is 21.3. The summed E-state index contributed by atoms with van der Waals surface area (Å²) < 4.78 is 25.6. The summed E-state index contributed by atoms with van der Waals surface area (Å²) in [7, 11) is -3.32. The van der Waals surface area contributed by atoms with Gasteiger partial charge < -0.3 is 5.32 Å². The summed E-state index contributed by atoms with van der Waals surface area (Å²) in [6.45, 7) is 3.31. The molecule has 0 atom stereocenters. The second-order valence-electron chi connectivity index (χ2n) is 7.11. The molecule has 5 nitrogen and oxygen atoms in total. The molecule has 0 aliphatic carbocycles. The second kappa shape index (κ2) is 8.29. The maximum absolute atomic E-state index is 12.6. The average Bonchev–Trinajstić information content (AvgIpc) is 3.34. The van der Waals surface area contributed by atoms with Gasteiger partial charge in [0, 0.05) is 5.56 Å². The molecule has 154 valence electrons. The number of fused-ring (bicyclic) bond motifs is 1. The Balaban J connectivity index is 1.48. The van der Waals surface area contributed by atoms with Crippen LogP contribution in [0.4, 0.5) is 5.00 Å². The van der Waals surface area contributed by atoms with E-state index < -0.39 is 15.1 Å². The number of nitrogens with zero attached hydrogens (tertiary/aromatic N) is 1. The Kier molecular flexibility index (Phi) is 5.73.